The van der Waals surface area contributed by atoms with E-state index in [0.717, 1.165) is 37.3 Å². The van der Waals surface area contributed by atoms with Crippen LogP contribution in [0.3, 0.4) is 0 Å². The number of hydrogen-bond acceptors (Lipinski definition) is 3. The van der Waals surface area contributed by atoms with Crippen LogP contribution in [0.25, 0.3) is 0 Å². The first-order valence-corrected chi connectivity index (χ1v) is 7.34. The molecule has 2 heterocycles. The second-order valence-corrected chi connectivity index (χ2v) is 5.77. The number of amides is 1. The molecule has 1 N–H and O–H groups in total. The van der Waals surface area contributed by atoms with Gasteiger partial charge in [0.1, 0.15) is 6.04 Å². The second kappa shape index (κ2) is 5.89. The van der Waals surface area contributed by atoms with Crippen molar-refractivity contribution in [1.29, 1.82) is 0 Å². The maximum atomic E-state index is 12.5. The van der Waals surface area contributed by atoms with Crippen LogP contribution in [0.15, 0.2) is 24.3 Å². The van der Waals surface area contributed by atoms with Gasteiger partial charge in [-0.25, -0.2) is 0 Å². The first-order chi connectivity index (χ1) is 10.4. The van der Waals surface area contributed by atoms with Gasteiger partial charge in [-0.1, -0.05) is 12.1 Å². The van der Waals surface area contributed by atoms with Gasteiger partial charge in [-0.15, -0.1) is 0 Å². The molecule has 1 amide bonds. The summed E-state index contributed by atoms with van der Waals surface area (Å²) in [6, 6.07) is 5.10. The molecule has 0 spiro atoms. The zero-order valence-corrected chi connectivity index (χ0v) is 12.1. The van der Waals surface area contributed by atoms with Crippen LogP contribution in [0.1, 0.15) is 11.1 Å². The second-order valence-electron chi connectivity index (χ2n) is 5.77. The summed E-state index contributed by atoms with van der Waals surface area (Å²) >= 11 is 0. The Labute approximate surface area is 126 Å². The van der Waals surface area contributed by atoms with Gasteiger partial charge >= 0.3 is 6.18 Å². The third kappa shape index (κ3) is 3.25. The molecule has 1 aromatic rings. The highest BCUT2D eigenvalue weighted by molar-refractivity contribution is 5.82. The number of halogens is 3. The molecule has 1 aromatic carbocycles. The molecule has 2 saturated heterocycles. The van der Waals surface area contributed by atoms with E-state index in [0.29, 0.717) is 19.6 Å². The summed E-state index contributed by atoms with van der Waals surface area (Å²) in [5.41, 5.74) is 0.199. The van der Waals surface area contributed by atoms with Crippen molar-refractivity contribution in [2.75, 3.05) is 32.7 Å². The topological polar surface area (TPSA) is 35.6 Å². The SMILES string of the molecule is O=C1NCCN2CCN(Cc3ccc(C(F)(F)F)cc3)CC12. The zero-order chi connectivity index (χ0) is 15.7. The molecule has 0 aromatic heterocycles. The molecule has 120 valence electrons. The van der Waals surface area contributed by atoms with Gasteiger partial charge in [0.05, 0.1) is 5.56 Å². The van der Waals surface area contributed by atoms with Crippen LogP contribution in [0, 0.1) is 0 Å². The van der Waals surface area contributed by atoms with Crippen molar-refractivity contribution >= 4 is 5.91 Å². The Balaban J connectivity index is 1.63. The molecular formula is C15H18F3N3O. The lowest BCUT2D eigenvalue weighted by atomic mass is 10.1. The normalized spacial score (nSPS) is 24.0. The average Bonchev–Trinajstić information content (AvgIpc) is 2.48. The van der Waals surface area contributed by atoms with Crippen LogP contribution < -0.4 is 5.32 Å². The predicted molar refractivity (Wildman–Crippen MR) is 75.1 cm³/mol. The highest BCUT2D eigenvalue weighted by Gasteiger charge is 2.34. The number of piperazine rings is 2. The van der Waals surface area contributed by atoms with Crippen molar-refractivity contribution in [2.45, 2.75) is 18.8 Å². The largest absolute Gasteiger partial charge is 0.416 e. The van der Waals surface area contributed by atoms with Gasteiger partial charge in [-0.2, -0.15) is 13.2 Å². The van der Waals surface area contributed by atoms with E-state index >= 15 is 0 Å². The van der Waals surface area contributed by atoms with Crippen LogP contribution in [0.5, 0.6) is 0 Å². The van der Waals surface area contributed by atoms with Crippen LogP contribution in [-0.2, 0) is 17.5 Å². The van der Waals surface area contributed by atoms with Crippen molar-refractivity contribution < 1.29 is 18.0 Å². The fourth-order valence-corrected chi connectivity index (χ4v) is 3.03. The molecule has 3 rings (SSSR count). The van der Waals surface area contributed by atoms with Crippen molar-refractivity contribution in [3.05, 3.63) is 35.4 Å². The first kappa shape index (κ1) is 15.3. The maximum Gasteiger partial charge on any atom is 0.416 e. The van der Waals surface area contributed by atoms with E-state index in [9.17, 15) is 18.0 Å². The Morgan fingerprint density at radius 3 is 2.55 bits per heavy atom. The highest BCUT2D eigenvalue weighted by atomic mass is 19.4. The number of alkyl halides is 3. The van der Waals surface area contributed by atoms with Gasteiger partial charge in [-0.3, -0.25) is 14.6 Å². The minimum Gasteiger partial charge on any atom is -0.353 e. The minimum absolute atomic E-state index is 0.0448. The Morgan fingerprint density at radius 2 is 1.86 bits per heavy atom. The Kier molecular flexibility index (Phi) is 4.10. The number of fused-ring (bicyclic) bond motifs is 1. The Bertz CT molecular complexity index is 544. The molecule has 2 aliphatic rings. The van der Waals surface area contributed by atoms with E-state index in [2.05, 4.69) is 15.1 Å². The van der Waals surface area contributed by atoms with E-state index in [4.69, 9.17) is 0 Å². The number of carbonyl (C=O) groups is 1. The quantitative estimate of drug-likeness (QED) is 0.894. The Morgan fingerprint density at radius 1 is 1.14 bits per heavy atom. The summed E-state index contributed by atoms with van der Waals surface area (Å²) in [4.78, 5) is 16.2. The average molecular weight is 313 g/mol. The van der Waals surface area contributed by atoms with E-state index < -0.39 is 11.7 Å². The van der Waals surface area contributed by atoms with Crippen LogP contribution in [0.2, 0.25) is 0 Å². The summed E-state index contributed by atoms with van der Waals surface area (Å²) in [5.74, 6) is 0.0448. The summed E-state index contributed by atoms with van der Waals surface area (Å²) in [7, 11) is 0. The fourth-order valence-electron chi connectivity index (χ4n) is 3.03. The van der Waals surface area contributed by atoms with Gasteiger partial charge in [0.2, 0.25) is 5.91 Å². The number of carbonyl (C=O) groups excluding carboxylic acids is 1. The van der Waals surface area contributed by atoms with Gasteiger partial charge in [0.25, 0.3) is 0 Å². The molecule has 2 fully saturated rings. The fraction of sp³-hybridized carbons (Fsp3) is 0.533. The lowest BCUT2D eigenvalue weighted by molar-refractivity contribution is -0.137. The van der Waals surface area contributed by atoms with Crippen molar-refractivity contribution in [1.82, 2.24) is 15.1 Å². The van der Waals surface area contributed by atoms with Crippen LogP contribution in [-0.4, -0.2) is 54.5 Å². The zero-order valence-electron chi connectivity index (χ0n) is 12.1. The maximum absolute atomic E-state index is 12.5. The Hall–Kier alpha value is -1.60. The van der Waals surface area contributed by atoms with Crippen molar-refractivity contribution in [3.63, 3.8) is 0 Å². The minimum atomic E-state index is -4.30. The molecule has 0 saturated carbocycles. The van der Waals surface area contributed by atoms with E-state index in [1.54, 1.807) is 0 Å². The van der Waals surface area contributed by atoms with E-state index in [1.165, 1.54) is 12.1 Å². The summed E-state index contributed by atoms with van der Waals surface area (Å²) in [6.07, 6.45) is -4.30. The molecular weight excluding hydrogens is 295 g/mol. The molecule has 4 nitrogen and oxygen atoms in total. The van der Waals surface area contributed by atoms with Gasteiger partial charge in [0, 0.05) is 39.3 Å². The third-order valence-corrected chi connectivity index (χ3v) is 4.26. The number of nitrogens with zero attached hydrogens (tertiary/aromatic N) is 2. The molecule has 1 atom stereocenters. The smallest absolute Gasteiger partial charge is 0.353 e. The summed E-state index contributed by atoms with van der Waals surface area (Å²) in [5, 5.41) is 2.86. The van der Waals surface area contributed by atoms with Gasteiger partial charge in [0.15, 0.2) is 0 Å². The van der Waals surface area contributed by atoms with Crippen LogP contribution >= 0.6 is 0 Å². The molecule has 0 aliphatic carbocycles. The number of benzene rings is 1. The number of rotatable bonds is 2. The molecule has 1 unspecified atom stereocenters. The molecule has 0 radical (unpaired) electrons. The summed E-state index contributed by atoms with van der Waals surface area (Å²) in [6.45, 7) is 4.38. The predicted octanol–water partition coefficient (Wildman–Crippen LogP) is 1.32. The number of nitrogens with one attached hydrogen (secondary N) is 1. The molecule has 0 bridgehead atoms. The molecule has 22 heavy (non-hydrogen) atoms. The van der Waals surface area contributed by atoms with Gasteiger partial charge in [-0.05, 0) is 17.7 Å². The monoisotopic (exact) mass is 313 g/mol. The molecule has 7 heteroatoms. The first-order valence-electron chi connectivity index (χ1n) is 7.34. The van der Waals surface area contributed by atoms with Crippen LogP contribution in [0.4, 0.5) is 13.2 Å². The van der Waals surface area contributed by atoms with Crippen molar-refractivity contribution in [3.8, 4) is 0 Å². The van der Waals surface area contributed by atoms with Crippen molar-refractivity contribution in [2.24, 2.45) is 0 Å². The standard InChI is InChI=1S/C15H18F3N3O/c16-15(17,18)12-3-1-11(2-4-12)9-20-7-8-21-6-5-19-14(22)13(21)10-20/h1-4,13H,5-10H2,(H,19,22). The van der Waals surface area contributed by atoms with E-state index in [-0.39, 0.29) is 11.9 Å². The summed E-state index contributed by atoms with van der Waals surface area (Å²) < 4.78 is 37.6. The van der Waals surface area contributed by atoms with Gasteiger partial charge < -0.3 is 5.32 Å². The van der Waals surface area contributed by atoms with E-state index in [1.807, 2.05) is 0 Å². The third-order valence-electron chi connectivity index (χ3n) is 4.26. The number of hydrogen-bond donors (Lipinski definition) is 1. The molecule has 2 aliphatic heterocycles. The lowest BCUT2D eigenvalue weighted by Crippen LogP contribution is -2.63. The lowest BCUT2D eigenvalue weighted by Gasteiger charge is -2.43. The highest BCUT2D eigenvalue weighted by Crippen LogP contribution is 2.29.